The van der Waals surface area contributed by atoms with Crippen molar-refractivity contribution in [2.24, 2.45) is 0 Å². The van der Waals surface area contributed by atoms with E-state index in [2.05, 4.69) is 192 Å². The lowest BCUT2D eigenvalue weighted by molar-refractivity contribution is 1.16. The number of hydrogen-bond donors (Lipinski definition) is 0. The van der Waals surface area contributed by atoms with Crippen LogP contribution in [-0.4, -0.2) is 9.13 Å². The van der Waals surface area contributed by atoms with Crippen molar-refractivity contribution in [2.75, 3.05) is 0 Å². The van der Waals surface area contributed by atoms with E-state index < -0.39 is 0 Å². The van der Waals surface area contributed by atoms with Crippen LogP contribution in [0.15, 0.2) is 189 Å². The Balaban J connectivity index is 1.12. The SMILES string of the molecule is C=CCc1ccc2c3cc(-n4c5ccccc5c5cc(-c6ccc7c8ccccc8c8ccccc8c7c6)ccc54)ccc3n(-c3ccccc3)c2c1. The topological polar surface area (TPSA) is 9.86 Å². The molecule has 9 aromatic carbocycles. The third-order valence-electron chi connectivity index (χ3n) is 11.2. The van der Waals surface area contributed by atoms with Gasteiger partial charge in [-0.05, 0) is 116 Å². The van der Waals surface area contributed by atoms with Crippen LogP contribution in [0.5, 0.6) is 0 Å². The molecule has 2 heteroatoms. The van der Waals surface area contributed by atoms with E-state index in [1.54, 1.807) is 0 Å². The van der Waals surface area contributed by atoms with E-state index >= 15 is 0 Å². The molecular formula is C51H34N2. The Bertz CT molecular complexity index is 3230. The maximum absolute atomic E-state index is 3.99. The zero-order chi connectivity index (χ0) is 35.0. The molecule has 0 saturated carbocycles. The molecule has 0 unspecified atom stereocenters. The summed E-state index contributed by atoms with van der Waals surface area (Å²) in [6.07, 6.45) is 2.82. The molecule has 0 aliphatic carbocycles. The number of para-hydroxylation sites is 2. The average Bonchev–Trinajstić information content (AvgIpc) is 3.73. The molecule has 0 atom stereocenters. The standard InChI is InChI=1S/C51H34N2/c1-2-12-33-21-25-44-47-32-37(24-28-50(47)52(51(44)29-33)36-13-4-3-5-14-36)53-48-20-11-10-19-43(48)46-31-35(23-27-49(46)53)34-22-26-42-40-17-7-6-15-38(40)39-16-8-9-18-41(39)45(42)30-34/h2-11,13-32H,1,12H2. The summed E-state index contributed by atoms with van der Waals surface area (Å²) in [6, 6.07) is 64.9. The fraction of sp³-hybridized carbons (Fsp3) is 0.0196. The van der Waals surface area contributed by atoms with Crippen LogP contribution >= 0.6 is 0 Å². The van der Waals surface area contributed by atoms with E-state index in [0.717, 1.165) is 17.8 Å². The molecule has 0 spiro atoms. The summed E-state index contributed by atoms with van der Waals surface area (Å²) in [6.45, 7) is 3.99. The summed E-state index contributed by atoms with van der Waals surface area (Å²) in [7, 11) is 0. The number of fused-ring (bicyclic) bond motifs is 12. The van der Waals surface area contributed by atoms with E-state index in [0.29, 0.717) is 0 Å². The molecule has 0 aliphatic heterocycles. The number of allylic oxidation sites excluding steroid dienone is 1. The Morgan fingerprint density at radius 3 is 1.55 bits per heavy atom. The van der Waals surface area contributed by atoms with Gasteiger partial charge in [-0.1, -0.05) is 121 Å². The Hall–Kier alpha value is -6.90. The van der Waals surface area contributed by atoms with Crippen molar-refractivity contribution in [2.45, 2.75) is 6.42 Å². The highest BCUT2D eigenvalue weighted by molar-refractivity contribution is 6.26. The molecule has 11 aromatic rings. The van der Waals surface area contributed by atoms with Crippen LogP contribution in [0.3, 0.4) is 0 Å². The second kappa shape index (κ2) is 11.6. The van der Waals surface area contributed by atoms with E-state index in [4.69, 9.17) is 0 Å². The molecule has 0 saturated heterocycles. The van der Waals surface area contributed by atoms with Gasteiger partial charge >= 0.3 is 0 Å². The molecule has 0 amide bonds. The van der Waals surface area contributed by atoms with Crippen LogP contribution in [0.2, 0.25) is 0 Å². The van der Waals surface area contributed by atoms with Gasteiger partial charge in [-0.25, -0.2) is 0 Å². The molecule has 0 fully saturated rings. The number of rotatable bonds is 5. The molecule has 248 valence electrons. The fourth-order valence-corrected chi connectivity index (χ4v) is 8.86. The summed E-state index contributed by atoms with van der Waals surface area (Å²) >= 11 is 0. The predicted octanol–water partition coefficient (Wildman–Crippen LogP) is 13.7. The summed E-state index contributed by atoms with van der Waals surface area (Å²) in [4.78, 5) is 0. The van der Waals surface area contributed by atoms with Crippen molar-refractivity contribution in [1.29, 1.82) is 0 Å². The zero-order valence-electron chi connectivity index (χ0n) is 29.1. The van der Waals surface area contributed by atoms with Crippen LogP contribution in [0.4, 0.5) is 0 Å². The first-order valence-corrected chi connectivity index (χ1v) is 18.4. The Morgan fingerprint density at radius 1 is 0.340 bits per heavy atom. The summed E-state index contributed by atoms with van der Waals surface area (Å²) in [5.41, 5.74) is 10.8. The second-order valence-corrected chi connectivity index (χ2v) is 14.2. The maximum atomic E-state index is 3.99. The lowest BCUT2D eigenvalue weighted by atomic mass is 9.92. The predicted molar refractivity (Wildman–Crippen MR) is 227 cm³/mol. The van der Waals surface area contributed by atoms with Crippen LogP contribution in [0, 0.1) is 0 Å². The van der Waals surface area contributed by atoms with Crippen molar-refractivity contribution >= 4 is 75.9 Å². The molecule has 11 rings (SSSR count). The molecule has 0 N–H and O–H groups in total. The molecule has 2 aromatic heterocycles. The van der Waals surface area contributed by atoms with E-state index in [-0.39, 0.29) is 0 Å². The van der Waals surface area contributed by atoms with Gasteiger partial charge in [0.2, 0.25) is 0 Å². The third kappa shape index (κ3) is 4.46. The van der Waals surface area contributed by atoms with Crippen molar-refractivity contribution in [1.82, 2.24) is 9.13 Å². The number of nitrogens with zero attached hydrogens (tertiary/aromatic N) is 2. The fourth-order valence-electron chi connectivity index (χ4n) is 8.86. The van der Waals surface area contributed by atoms with Gasteiger partial charge in [0.25, 0.3) is 0 Å². The van der Waals surface area contributed by atoms with Gasteiger partial charge in [0.1, 0.15) is 0 Å². The van der Waals surface area contributed by atoms with Gasteiger partial charge in [0.05, 0.1) is 22.1 Å². The van der Waals surface area contributed by atoms with E-state index in [9.17, 15) is 0 Å². The number of benzene rings is 9. The van der Waals surface area contributed by atoms with Crippen molar-refractivity contribution in [3.63, 3.8) is 0 Å². The smallest absolute Gasteiger partial charge is 0.0543 e. The molecule has 0 bridgehead atoms. The minimum absolute atomic E-state index is 0.841. The normalized spacial score (nSPS) is 11.9. The molecule has 0 aliphatic rings. The molecular weight excluding hydrogens is 641 g/mol. The second-order valence-electron chi connectivity index (χ2n) is 14.2. The molecule has 53 heavy (non-hydrogen) atoms. The Kier molecular flexibility index (Phi) is 6.50. The summed E-state index contributed by atoms with van der Waals surface area (Å²) in [5, 5.41) is 12.8. The van der Waals surface area contributed by atoms with Gasteiger partial charge in [0.15, 0.2) is 0 Å². The first kappa shape index (κ1) is 29.8. The monoisotopic (exact) mass is 674 g/mol. The number of hydrogen-bond acceptors (Lipinski definition) is 0. The van der Waals surface area contributed by atoms with Gasteiger partial charge < -0.3 is 9.13 Å². The van der Waals surface area contributed by atoms with Gasteiger partial charge in [-0.2, -0.15) is 0 Å². The third-order valence-corrected chi connectivity index (χ3v) is 11.2. The molecule has 0 radical (unpaired) electrons. The van der Waals surface area contributed by atoms with Crippen LogP contribution in [-0.2, 0) is 6.42 Å². The molecule has 2 nitrogen and oxygen atoms in total. The first-order chi connectivity index (χ1) is 26.2. The van der Waals surface area contributed by atoms with Crippen LogP contribution in [0.25, 0.3) is 98.4 Å². The largest absolute Gasteiger partial charge is 0.309 e. The van der Waals surface area contributed by atoms with Gasteiger partial charge in [0, 0.05) is 32.9 Å². The summed E-state index contributed by atoms with van der Waals surface area (Å²) in [5.74, 6) is 0. The highest BCUT2D eigenvalue weighted by Crippen LogP contribution is 2.40. The van der Waals surface area contributed by atoms with Gasteiger partial charge in [-0.3, -0.25) is 0 Å². The Morgan fingerprint density at radius 2 is 0.830 bits per heavy atom. The van der Waals surface area contributed by atoms with Crippen LogP contribution < -0.4 is 0 Å². The van der Waals surface area contributed by atoms with Crippen molar-refractivity contribution in [3.8, 4) is 22.5 Å². The summed E-state index contributed by atoms with van der Waals surface area (Å²) < 4.78 is 4.83. The zero-order valence-corrected chi connectivity index (χ0v) is 29.1. The lowest BCUT2D eigenvalue weighted by Gasteiger charge is -2.12. The average molecular weight is 675 g/mol. The van der Waals surface area contributed by atoms with Crippen molar-refractivity contribution < 1.29 is 0 Å². The Labute approximate surface area is 307 Å². The number of aromatic nitrogens is 2. The van der Waals surface area contributed by atoms with Crippen molar-refractivity contribution in [3.05, 3.63) is 194 Å². The van der Waals surface area contributed by atoms with E-state index in [1.807, 2.05) is 6.08 Å². The van der Waals surface area contributed by atoms with Crippen LogP contribution in [0.1, 0.15) is 5.56 Å². The highest BCUT2D eigenvalue weighted by Gasteiger charge is 2.18. The quantitative estimate of drug-likeness (QED) is 0.127. The minimum Gasteiger partial charge on any atom is -0.309 e. The lowest BCUT2D eigenvalue weighted by Crippen LogP contribution is -1.96. The maximum Gasteiger partial charge on any atom is 0.0543 e. The van der Waals surface area contributed by atoms with E-state index in [1.165, 1.54) is 92.6 Å². The minimum atomic E-state index is 0.841. The molecule has 2 heterocycles. The first-order valence-electron chi connectivity index (χ1n) is 18.4. The highest BCUT2D eigenvalue weighted by atomic mass is 15.0. The van der Waals surface area contributed by atoms with Gasteiger partial charge in [-0.15, -0.1) is 6.58 Å².